The highest BCUT2D eigenvalue weighted by molar-refractivity contribution is 14.1. The first kappa shape index (κ1) is 14.4. The van der Waals surface area contributed by atoms with Gasteiger partial charge in [0.2, 0.25) is 0 Å². The monoisotopic (exact) mass is 347 g/mol. The van der Waals surface area contributed by atoms with Gasteiger partial charge in [-0.2, -0.15) is 0 Å². The van der Waals surface area contributed by atoms with Crippen molar-refractivity contribution < 1.29 is 9.63 Å². The van der Waals surface area contributed by atoms with Gasteiger partial charge in [0.05, 0.1) is 5.56 Å². The van der Waals surface area contributed by atoms with Crippen molar-refractivity contribution in [3.8, 4) is 0 Å². The molecule has 0 heterocycles. The minimum Gasteiger partial charge on any atom is -0.364 e. The van der Waals surface area contributed by atoms with Crippen LogP contribution in [0.4, 0.5) is 0 Å². The number of nitrogens with zero attached hydrogens (tertiary/aromatic N) is 1. The maximum Gasteiger partial charge on any atom is 0.357 e. The van der Waals surface area contributed by atoms with Crippen LogP contribution in [-0.2, 0) is 4.84 Å². The van der Waals surface area contributed by atoms with Crippen LogP contribution in [0.1, 0.15) is 29.6 Å². The van der Waals surface area contributed by atoms with Crippen LogP contribution in [0.5, 0.6) is 0 Å². The van der Waals surface area contributed by atoms with E-state index in [1.807, 2.05) is 18.2 Å². The van der Waals surface area contributed by atoms with Crippen molar-refractivity contribution in [2.24, 2.45) is 0 Å². The van der Waals surface area contributed by atoms with Crippen molar-refractivity contribution in [2.75, 3.05) is 18.0 Å². The van der Waals surface area contributed by atoms with E-state index in [4.69, 9.17) is 4.84 Å². The van der Waals surface area contributed by atoms with Crippen molar-refractivity contribution in [3.05, 3.63) is 35.9 Å². The number of rotatable bonds is 7. The lowest BCUT2D eigenvalue weighted by atomic mass is 10.2. The maximum atomic E-state index is 11.7. The predicted octanol–water partition coefficient (Wildman–Crippen LogP) is 3.30. The van der Waals surface area contributed by atoms with Gasteiger partial charge < -0.3 is 4.84 Å². The van der Waals surface area contributed by atoms with Crippen molar-refractivity contribution in [3.63, 3.8) is 0 Å². The largest absolute Gasteiger partial charge is 0.364 e. The number of hydrogen-bond acceptors (Lipinski definition) is 3. The van der Waals surface area contributed by atoms with Crippen molar-refractivity contribution >= 4 is 28.6 Å². The number of unbranched alkanes of at least 4 members (excludes halogenated alkanes) is 2. The molecule has 0 fully saturated rings. The lowest BCUT2D eigenvalue weighted by Crippen LogP contribution is -2.24. The highest BCUT2D eigenvalue weighted by Crippen LogP contribution is 2.04. The van der Waals surface area contributed by atoms with Crippen LogP contribution in [0.15, 0.2) is 30.3 Å². The Morgan fingerprint density at radius 3 is 2.59 bits per heavy atom. The van der Waals surface area contributed by atoms with E-state index in [9.17, 15) is 4.79 Å². The second kappa shape index (κ2) is 8.47. The fourth-order valence-electron chi connectivity index (χ4n) is 1.42. The Morgan fingerprint density at radius 1 is 1.24 bits per heavy atom. The molecule has 1 aromatic carbocycles. The van der Waals surface area contributed by atoms with Gasteiger partial charge in [0.15, 0.2) is 0 Å². The molecule has 0 spiro atoms. The SMILES string of the molecule is CN(CCCCCI)OC(=O)c1ccccc1. The molecule has 4 heteroatoms. The first-order valence-electron chi connectivity index (χ1n) is 5.78. The molecule has 0 atom stereocenters. The van der Waals surface area contributed by atoms with Crippen LogP contribution in [-0.4, -0.2) is 29.1 Å². The van der Waals surface area contributed by atoms with Crippen LogP contribution in [0.3, 0.4) is 0 Å². The number of halogens is 1. The van der Waals surface area contributed by atoms with E-state index in [-0.39, 0.29) is 5.97 Å². The molecule has 0 saturated heterocycles. The molecule has 0 aliphatic heterocycles. The Balaban J connectivity index is 2.26. The van der Waals surface area contributed by atoms with E-state index >= 15 is 0 Å². The summed E-state index contributed by atoms with van der Waals surface area (Å²) >= 11 is 2.37. The molecule has 1 aromatic rings. The fourth-order valence-corrected chi connectivity index (χ4v) is 1.96. The molecule has 0 aromatic heterocycles. The summed E-state index contributed by atoms with van der Waals surface area (Å²) in [6.45, 7) is 0.787. The molecule has 0 saturated carbocycles. The molecule has 3 nitrogen and oxygen atoms in total. The Morgan fingerprint density at radius 2 is 1.94 bits per heavy atom. The second-order valence-electron chi connectivity index (χ2n) is 3.85. The minimum absolute atomic E-state index is 0.290. The third kappa shape index (κ3) is 6.02. The smallest absolute Gasteiger partial charge is 0.357 e. The summed E-state index contributed by atoms with van der Waals surface area (Å²) in [6, 6.07) is 9.05. The van der Waals surface area contributed by atoms with Crippen molar-refractivity contribution in [1.82, 2.24) is 5.06 Å². The number of hydrogen-bond donors (Lipinski definition) is 0. The van der Waals surface area contributed by atoms with Crippen LogP contribution < -0.4 is 0 Å². The molecular formula is C13H18INO2. The molecule has 17 heavy (non-hydrogen) atoms. The zero-order chi connectivity index (χ0) is 12.5. The highest BCUT2D eigenvalue weighted by Gasteiger charge is 2.09. The van der Waals surface area contributed by atoms with Crippen molar-refractivity contribution in [1.29, 1.82) is 0 Å². The highest BCUT2D eigenvalue weighted by atomic mass is 127. The Hall–Kier alpha value is -0.620. The van der Waals surface area contributed by atoms with Gasteiger partial charge in [0.1, 0.15) is 0 Å². The zero-order valence-corrected chi connectivity index (χ0v) is 12.2. The van der Waals surface area contributed by atoms with Gasteiger partial charge in [0, 0.05) is 13.6 Å². The van der Waals surface area contributed by atoms with Gasteiger partial charge in [-0.1, -0.05) is 47.2 Å². The molecule has 1 rings (SSSR count). The van der Waals surface area contributed by atoms with Crippen LogP contribution in [0.25, 0.3) is 0 Å². The molecular weight excluding hydrogens is 329 g/mol. The predicted molar refractivity (Wildman–Crippen MR) is 77.2 cm³/mol. The average Bonchev–Trinajstić information content (AvgIpc) is 2.36. The molecule has 0 aliphatic rings. The number of hydroxylamine groups is 2. The molecule has 0 N–H and O–H groups in total. The van der Waals surface area contributed by atoms with Gasteiger partial charge in [-0.05, 0) is 29.4 Å². The number of alkyl halides is 1. The fraction of sp³-hybridized carbons (Fsp3) is 0.462. The minimum atomic E-state index is -0.290. The quantitative estimate of drug-likeness (QED) is 0.328. The first-order valence-corrected chi connectivity index (χ1v) is 7.31. The van der Waals surface area contributed by atoms with E-state index in [1.165, 1.54) is 17.3 Å². The Kier molecular flexibility index (Phi) is 7.19. The number of benzene rings is 1. The van der Waals surface area contributed by atoms with E-state index in [0.717, 1.165) is 13.0 Å². The summed E-state index contributed by atoms with van der Waals surface area (Å²) in [4.78, 5) is 16.9. The third-order valence-corrected chi connectivity index (χ3v) is 3.12. The normalized spacial score (nSPS) is 10.5. The maximum absolute atomic E-state index is 11.7. The lowest BCUT2D eigenvalue weighted by Gasteiger charge is -2.15. The number of carbonyl (C=O) groups is 1. The summed E-state index contributed by atoms with van der Waals surface area (Å²) in [7, 11) is 1.80. The van der Waals surface area contributed by atoms with Crippen molar-refractivity contribution in [2.45, 2.75) is 19.3 Å². The summed E-state index contributed by atoms with van der Waals surface area (Å²) in [5.41, 5.74) is 0.589. The van der Waals surface area contributed by atoms with Crippen LogP contribution in [0.2, 0.25) is 0 Å². The summed E-state index contributed by atoms with van der Waals surface area (Å²) in [5.74, 6) is -0.290. The summed E-state index contributed by atoms with van der Waals surface area (Å²) in [6.07, 6.45) is 3.46. The summed E-state index contributed by atoms with van der Waals surface area (Å²) in [5, 5.41) is 1.61. The third-order valence-electron chi connectivity index (χ3n) is 2.35. The van der Waals surface area contributed by atoms with Gasteiger partial charge in [-0.3, -0.25) is 0 Å². The Bertz CT molecular complexity index is 329. The lowest BCUT2D eigenvalue weighted by molar-refractivity contribution is -0.0908. The molecule has 0 bridgehead atoms. The Labute approximate surface area is 116 Å². The average molecular weight is 347 g/mol. The standard InChI is InChI=1S/C13H18INO2/c1-15(11-7-3-6-10-14)17-13(16)12-8-4-2-5-9-12/h2,4-5,8-9H,3,6-7,10-11H2,1H3. The van der Waals surface area contributed by atoms with Crippen LogP contribution in [0, 0.1) is 0 Å². The molecule has 0 amide bonds. The van der Waals surface area contributed by atoms with E-state index in [2.05, 4.69) is 22.6 Å². The van der Waals surface area contributed by atoms with Gasteiger partial charge in [-0.15, -0.1) is 5.06 Å². The van der Waals surface area contributed by atoms with Crippen LogP contribution >= 0.6 is 22.6 Å². The summed E-state index contributed by atoms with van der Waals surface area (Å²) < 4.78 is 1.19. The topological polar surface area (TPSA) is 29.5 Å². The molecule has 0 unspecified atom stereocenters. The second-order valence-corrected chi connectivity index (χ2v) is 4.92. The van der Waals surface area contributed by atoms with E-state index in [0.29, 0.717) is 5.56 Å². The molecule has 0 radical (unpaired) electrons. The van der Waals surface area contributed by atoms with Gasteiger partial charge in [-0.25, -0.2) is 4.79 Å². The zero-order valence-electron chi connectivity index (χ0n) is 10.1. The van der Waals surface area contributed by atoms with E-state index < -0.39 is 0 Å². The van der Waals surface area contributed by atoms with Gasteiger partial charge in [0.25, 0.3) is 0 Å². The van der Waals surface area contributed by atoms with E-state index in [1.54, 1.807) is 24.2 Å². The van der Waals surface area contributed by atoms with Gasteiger partial charge >= 0.3 is 5.97 Å². The first-order chi connectivity index (χ1) is 8.24. The molecule has 0 aliphatic carbocycles. The molecule has 94 valence electrons. The number of carbonyl (C=O) groups excluding carboxylic acids is 1.